The quantitative estimate of drug-likeness (QED) is 0.769. The van der Waals surface area contributed by atoms with Gasteiger partial charge in [0.1, 0.15) is 11.6 Å². The van der Waals surface area contributed by atoms with E-state index in [4.69, 9.17) is 0 Å². The normalized spacial score (nSPS) is 12.4. The van der Waals surface area contributed by atoms with Crippen LogP contribution in [0.3, 0.4) is 0 Å². The highest BCUT2D eigenvalue weighted by Gasteiger charge is 2.09. The topological polar surface area (TPSA) is 12.0 Å². The highest BCUT2D eigenvalue weighted by atomic mass is 79.9. The van der Waals surface area contributed by atoms with Gasteiger partial charge >= 0.3 is 0 Å². The van der Waals surface area contributed by atoms with Gasteiger partial charge in [-0.05, 0) is 54.8 Å². The predicted octanol–water partition coefficient (Wildman–Crippen LogP) is 5.01. The summed E-state index contributed by atoms with van der Waals surface area (Å²) in [5.41, 5.74) is 1.88. The molecule has 1 nitrogen and oxygen atoms in total. The molecule has 0 aliphatic rings. The molecule has 0 spiro atoms. The molecule has 0 aliphatic heterocycles. The lowest BCUT2D eigenvalue weighted by molar-refractivity contribution is 0.520. The van der Waals surface area contributed by atoms with Crippen molar-refractivity contribution in [2.75, 3.05) is 6.54 Å². The summed E-state index contributed by atoms with van der Waals surface area (Å²) in [5, 5.41) is 3.43. The van der Waals surface area contributed by atoms with Crippen LogP contribution in [0.2, 0.25) is 0 Å². The lowest BCUT2D eigenvalue weighted by Crippen LogP contribution is -2.23. The molecule has 0 aromatic heterocycles. The van der Waals surface area contributed by atoms with Crippen molar-refractivity contribution >= 4 is 15.9 Å². The van der Waals surface area contributed by atoms with Crippen molar-refractivity contribution in [2.45, 2.75) is 25.8 Å². The Balaban J connectivity index is 1.94. The fourth-order valence-electron chi connectivity index (χ4n) is 2.37. The summed E-state index contributed by atoms with van der Waals surface area (Å²) in [6.07, 6.45) is 1.55. The van der Waals surface area contributed by atoms with Gasteiger partial charge in [-0.1, -0.05) is 35.0 Å². The minimum atomic E-state index is -0.524. The summed E-state index contributed by atoms with van der Waals surface area (Å²) in [4.78, 5) is 0. The smallest absolute Gasteiger partial charge is 0.126 e. The Bertz CT molecular complexity index is 581. The summed E-state index contributed by atoms with van der Waals surface area (Å²) < 4.78 is 27.3. The molecule has 1 atom stereocenters. The van der Waals surface area contributed by atoms with Gasteiger partial charge in [-0.25, -0.2) is 8.78 Å². The molecule has 1 unspecified atom stereocenters. The first-order valence-electron chi connectivity index (χ1n) is 7.02. The molecule has 0 heterocycles. The van der Waals surface area contributed by atoms with E-state index in [2.05, 4.69) is 40.3 Å². The number of rotatable bonds is 6. The van der Waals surface area contributed by atoms with E-state index in [1.54, 1.807) is 0 Å². The molecule has 0 saturated heterocycles. The Morgan fingerprint density at radius 1 is 1.10 bits per heavy atom. The van der Waals surface area contributed by atoms with Gasteiger partial charge in [-0.2, -0.15) is 0 Å². The van der Waals surface area contributed by atoms with Crippen LogP contribution >= 0.6 is 15.9 Å². The molecule has 2 aromatic carbocycles. The van der Waals surface area contributed by atoms with Crippen molar-refractivity contribution in [3.63, 3.8) is 0 Å². The Kier molecular flexibility index (Phi) is 5.88. The first kappa shape index (κ1) is 16.1. The third-order valence-electron chi connectivity index (χ3n) is 3.39. The van der Waals surface area contributed by atoms with Gasteiger partial charge in [0.2, 0.25) is 0 Å². The largest absolute Gasteiger partial charge is 0.310 e. The van der Waals surface area contributed by atoms with Crippen LogP contribution in [-0.4, -0.2) is 6.54 Å². The molecule has 2 aromatic rings. The zero-order valence-electron chi connectivity index (χ0n) is 11.9. The molecule has 2 rings (SSSR count). The van der Waals surface area contributed by atoms with Gasteiger partial charge in [0.25, 0.3) is 0 Å². The molecular formula is C17H18BrF2N. The molecule has 21 heavy (non-hydrogen) atoms. The van der Waals surface area contributed by atoms with Crippen LogP contribution < -0.4 is 5.32 Å². The van der Waals surface area contributed by atoms with E-state index in [0.29, 0.717) is 18.5 Å². The van der Waals surface area contributed by atoms with E-state index in [1.165, 1.54) is 17.7 Å². The van der Waals surface area contributed by atoms with E-state index in [9.17, 15) is 8.78 Å². The molecule has 0 radical (unpaired) electrons. The standard InChI is InChI=1S/C17H18BrF2N/c1-2-17(13-4-3-5-14(18)10-13)21-7-6-12-8-15(19)11-16(20)9-12/h3-5,8-11,17,21H,2,6-7H2,1H3. The van der Waals surface area contributed by atoms with E-state index >= 15 is 0 Å². The summed E-state index contributed by atoms with van der Waals surface area (Å²) in [5.74, 6) is -1.05. The van der Waals surface area contributed by atoms with Crippen molar-refractivity contribution < 1.29 is 8.78 Å². The summed E-state index contributed by atoms with van der Waals surface area (Å²) >= 11 is 3.47. The number of halogens is 3. The van der Waals surface area contributed by atoms with E-state index in [-0.39, 0.29) is 6.04 Å². The molecule has 4 heteroatoms. The number of hydrogen-bond donors (Lipinski definition) is 1. The summed E-state index contributed by atoms with van der Waals surface area (Å²) in [6.45, 7) is 2.79. The average Bonchev–Trinajstić information content (AvgIpc) is 2.42. The minimum Gasteiger partial charge on any atom is -0.310 e. The fourth-order valence-corrected chi connectivity index (χ4v) is 2.78. The number of hydrogen-bond acceptors (Lipinski definition) is 1. The van der Waals surface area contributed by atoms with Gasteiger partial charge in [-0.3, -0.25) is 0 Å². The molecule has 1 N–H and O–H groups in total. The van der Waals surface area contributed by atoms with Crippen LogP contribution in [0.15, 0.2) is 46.9 Å². The van der Waals surface area contributed by atoms with Gasteiger partial charge < -0.3 is 5.32 Å². The fraction of sp³-hybridized carbons (Fsp3) is 0.294. The van der Waals surface area contributed by atoms with Crippen LogP contribution in [0.4, 0.5) is 8.78 Å². The first-order chi connectivity index (χ1) is 10.1. The lowest BCUT2D eigenvalue weighted by Gasteiger charge is -2.18. The predicted molar refractivity (Wildman–Crippen MR) is 85.2 cm³/mol. The van der Waals surface area contributed by atoms with Crippen LogP contribution in [0, 0.1) is 11.6 Å². The maximum Gasteiger partial charge on any atom is 0.126 e. The Hall–Kier alpha value is -1.26. The van der Waals surface area contributed by atoms with Gasteiger partial charge in [0.05, 0.1) is 0 Å². The van der Waals surface area contributed by atoms with Crippen LogP contribution in [0.25, 0.3) is 0 Å². The van der Waals surface area contributed by atoms with Crippen LogP contribution in [0.5, 0.6) is 0 Å². The minimum absolute atomic E-state index is 0.237. The highest BCUT2D eigenvalue weighted by molar-refractivity contribution is 9.10. The molecule has 0 fully saturated rings. The monoisotopic (exact) mass is 353 g/mol. The summed E-state index contributed by atoms with van der Waals surface area (Å²) in [6, 6.07) is 12.1. The zero-order valence-corrected chi connectivity index (χ0v) is 13.5. The second-order valence-corrected chi connectivity index (χ2v) is 5.91. The third-order valence-corrected chi connectivity index (χ3v) is 3.88. The Labute approximate surface area is 132 Å². The van der Waals surface area contributed by atoms with Crippen molar-refractivity contribution in [1.29, 1.82) is 0 Å². The SMILES string of the molecule is CCC(NCCc1cc(F)cc(F)c1)c1cccc(Br)c1. The van der Waals surface area contributed by atoms with Crippen molar-refractivity contribution in [1.82, 2.24) is 5.32 Å². The molecule has 0 aliphatic carbocycles. The van der Waals surface area contributed by atoms with Crippen molar-refractivity contribution in [2.24, 2.45) is 0 Å². The third kappa shape index (κ3) is 4.90. The average molecular weight is 354 g/mol. The van der Waals surface area contributed by atoms with E-state index < -0.39 is 11.6 Å². The summed E-state index contributed by atoms with van der Waals surface area (Å²) in [7, 11) is 0. The van der Waals surface area contributed by atoms with E-state index in [1.807, 2.05) is 12.1 Å². The van der Waals surface area contributed by atoms with Crippen molar-refractivity contribution in [3.05, 3.63) is 69.7 Å². The molecule has 112 valence electrons. The maximum atomic E-state index is 13.1. The number of benzene rings is 2. The van der Waals surface area contributed by atoms with Crippen LogP contribution in [-0.2, 0) is 6.42 Å². The van der Waals surface area contributed by atoms with Gasteiger partial charge in [0, 0.05) is 16.6 Å². The Morgan fingerprint density at radius 2 is 1.81 bits per heavy atom. The molecule has 0 amide bonds. The first-order valence-corrected chi connectivity index (χ1v) is 7.81. The molecule has 0 bridgehead atoms. The second kappa shape index (κ2) is 7.66. The number of nitrogens with one attached hydrogen (secondary N) is 1. The van der Waals surface area contributed by atoms with Gasteiger partial charge in [0.15, 0.2) is 0 Å². The van der Waals surface area contributed by atoms with Crippen molar-refractivity contribution in [3.8, 4) is 0 Å². The Morgan fingerprint density at radius 3 is 2.43 bits per heavy atom. The van der Waals surface area contributed by atoms with Crippen LogP contribution in [0.1, 0.15) is 30.5 Å². The lowest BCUT2D eigenvalue weighted by atomic mass is 10.0. The van der Waals surface area contributed by atoms with Gasteiger partial charge in [-0.15, -0.1) is 0 Å². The van der Waals surface area contributed by atoms with E-state index in [0.717, 1.165) is 17.0 Å². The highest BCUT2D eigenvalue weighted by Crippen LogP contribution is 2.20. The molecule has 0 saturated carbocycles. The molecular weight excluding hydrogens is 336 g/mol. The second-order valence-electron chi connectivity index (χ2n) is 5.00. The zero-order chi connectivity index (χ0) is 15.2. The maximum absolute atomic E-state index is 13.1.